The molecule has 0 aliphatic carbocycles. The van der Waals surface area contributed by atoms with Gasteiger partial charge >= 0.3 is 11.9 Å². The van der Waals surface area contributed by atoms with Crippen molar-refractivity contribution >= 4 is 11.8 Å². The molecule has 3 N–H and O–H groups in total. The molecule has 2 amide bonds. The molecule has 0 spiro atoms. The number of carbonyl (C=O) groups excluding carboxylic acids is 2. The Labute approximate surface area is 89.0 Å². The fraction of sp³-hybridized carbons (Fsp3) is 0.750. The second-order valence-corrected chi connectivity index (χ2v) is 3.89. The minimum absolute atomic E-state index is 0.373. The summed E-state index contributed by atoms with van der Waals surface area (Å²) in [7, 11) is 0. The first-order chi connectivity index (χ1) is 7.09. The van der Waals surface area contributed by atoms with Crippen molar-refractivity contribution in [1.29, 1.82) is 0 Å². The molecule has 0 aromatic heterocycles. The lowest BCUT2D eigenvalue weighted by molar-refractivity contribution is -0.264. The van der Waals surface area contributed by atoms with Crippen molar-refractivity contribution in [3.8, 4) is 0 Å². The maximum absolute atomic E-state index is 12.4. The van der Waals surface area contributed by atoms with Crippen LogP contribution in [-0.2, 0) is 9.59 Å². The van der Waals surface area contributed by atoms with Crippen LogP contribution in [0.4, 0.5) is 13.2 Å². The Kier molecular flexibility index (Phi) is 2.88. The molecule has 0 saturated carbocycles. The Morgan fingerprint density at radius 3 is 2.25 bits per heavy atom. The van der Waals surface area contributed by atoms with Crippen LogP contribution in [0.5, 0.6) is 0 Å². The van der Waals surface area contributed by atoms with Crippen LogP contribution in [0.25, 0.3) is 0 Å². The summed E-state index contributed by atoms with van der Waals surface area (Å²) in [5.41, 5.74) is -3.84. The van der Waals surface area contributed by atoms with Crippen molar-refractivity contribution in [2.75, 3.05) is 0 Å². The molecular formula is C8H11F3N2O3. The highest BCUT2D eigenvalue weighted by atomic mass is 19.4. The first kappa shape index (κ1) is 12.8. The second-order valence-electron chi connectivity index (χ2n) is 3.89. The molecule has 1 saturated heterocycles. The van der Waals surface area contributed by atoms with Gasteiger partial charge in [0.15, 0.2) is 0 Å². The van der Waals surface area contributed by atoms with E-state index in [0.717, 1.165) is 0 Å². The van der Waals surface area contributed by atoms with Crippen LogP contribution in [0.3, 0.4) is 0 Å². The Bertz CT molecular complexity index is 329. The Morgan fingerprint density at radius 1 is 1.38 bits per heavy atom. The van der Waals surface area contributed by atoms with Crippen LogP contribution >= 0.6 is 0 Å². The van der Waals surface area contributed by atoms with E-state index < -0.39 is 29.8 Å². The summed E-state index contributed by atoms with van der Waals surface area (Å²) in [5.74, 6) is -3.10. The van der Waals surface area contributed by atoms with E-state index in [-0.39, 0.29) is 5.92 Å². The molecule has 0 aromatic carbocycles. The Morgan fingerprint density at radius 2 is 1.88 bits per heavy atom. The molecule has 0 bridgehead atoms. The van der Waals surface area contributed by atoms with Crippen molar-refractivity contribution in [2.24, 2.45) is 5.92 Å². The maximum atomic E-state index is 12.4. The lowest BCUT2D eigenvalue weighted by Gasteiger charge is -2.37. The van der Waals surface area contributed by atoms with Crippen LogP contribution in [0.15, 0.2) is 0 Å². The molecule has 5 nitrogen and oxygen atoms in total. The monoisotopic (exact) mass is 240 g/mol. The van der Waals surface area contributed by atoms with Crippen LogP contribution < -0.4 is 10.6 Å². The van der Waals surface area contributed by atoms with E-state index in [1.165, 1.54) is 5.32 Å². The summed E-state index contributed by atoms with van der Waals surface area (Å²) >= 11 is 0. The van der Waals surface area contributed by atoms with Gasteiger partial charge in [-0.2, -0.15) is 13.2 Å². The number of piperazine rings is 1. The zero-order chi connectivity index (χ0) is 12.7. The molecule has 92 valence electrons. The molecule has 1 heterocycles. The van der Waals surface area contributed by atoms with Gasteiger partial charge in [-0.25, -0.2) is 0 Å². The van der Waals surface area contributed by atoms with Gasteiger partial charge in [-0.3, -0.25) is 9.59 Å². The molecule has 1 aliphatic rings. The first-order valence-corrected chi connectivity index (χ1v) is 4.51. The van der Waals surface area contributed by atoms with E-state index in [1.807, 2.05) is 5.32 Å². The van der Waals surface area contributed by atoms with Crippen molar-refractivity contribution in [3.05, 3.63) is 0 Å². The van der Waals surface area contributed by atoms with Gasteiger partial charge in [-0.1, -0.05) is 13.8 Å². The molecule has 1 aliphatic heterocycles. The maximum Gasteiger partial charge on any atom is 0.446 e. The third-order valence-corrected chi connectivity index (χ3v) is 2.28. The van der Waals surface area contributed by atoms with E-state index >= 15 is 0 Å². The molecule has 1 rings (SSSR count). The average molecular weight is 240 g/mol. The number of aliphatic hydroxyl groups is 1. The molecule has 2 atom stereocenters. The highest BCUT2D eigenvalue weighted by Crippen LogP contribution is 2.30. The topological polar surface area (TPSA) is 78.4 Å². The van der Waals surface area contributed by atoms with Crippen molar-refractivity contribution in [2.45, 2.75) is 31.8 Å². The van der Waals surface area contributed by atoms with Crippen LogP contribution in [0, 0.1) is 5.92 Å². The summed E-state index contributed by atoms with van der Waals surface area (Å²) in [6, 6.07) is -1.07. The predicted octanol–water partition coefficient (Wildman–Crippen LogP) is -0.492. The van der Waals surface area contributed by atoms with Crippen molar-refractivity contribution in [1.82, 2.24) is 10.6 Å². The van der Waals surface area contributed by atoms with Crippen molar-refractivity contribution < 1.29 is 27.9 Å². The van der Waals surface area contributed by atoms with Crippen LogP contribution in [0.1, 0.15) is 13.8 Å². The van der Waals surface area contributed by atoms with Gasteiger partial charge < -0.3 is 15.7 Å². The quantitative estimate of drug-likeness (QED) is 0.578. The third kappa shape index (κ3) is 1.84. The lowest BCUT2D eigenvalue weighted by atomic mass is 9.98. The largest absolute Gasteiger partial charge is 0.446 e. The van der Waals surface area contributed by atoms with E-state index in [0.29, 0.717) is 0 Å². The molecule has 8 heteroatoms. The molecule has 0 unspecified atom stereocenters. The summed E-state index contributed by atoms with van der Waals surface area (Å²) in [6.07, 6.45) is -5.26. The van der Waals surface area contributed by atoms with Gasteiger partial charge in [-0.05, 0) is 5.92 Å². The minimum atomic E-state index is -5.26. The summed E-state index contributed by atoms with van der Waals surface area (Å²) in [6.45, 7) is 3.12. The lowest BCUT2D eigenvalue weighted by Crippen LogP contribution is -2.75. The number of halogens is 3. The summed E-state index contributed by atoms with van der Waals surface area (Å²) in [5, 5.41) is 12.2. The van der Waals surface area contributed by atoms with E-state index in [2.05, 4.69) is 0 Å². The number of rotatable bonds is 1. The Hall–Kier alpha value is -1.31. The highest BCUT2D eigenvalue weighted by Gasteiger charge is 2.64. The van der Waals surface area contributed by atoms with E-state index in [1.54, 1.807) is 13.8 Å². The zero-order valence-corrected chi connectivity index (χ0v) is 8.55. The standard InChI is InChI=1S/C8H11F3N2O3/c1-3(2)4-5(14)13-7(16,6(15)12-4)8(9,10)11/h3-4,16H,1-2H3,(H,12,15)(H,13,14)/t4-,7+/m0/s1. The van der Waals surface area contributed by atoms with Crippen molar-refractivity contribution in [3.63, 3.8) is 0 Å². The molecule has 16 heavy (non-hydrogen) atoms. The van der Waals surface area contributed by atoms with Gasteiger partial charge in [0.1, 0.15) is 6.04 Å². The van der Waals surface area contributed by atoms with Gasteiger partial charge in [0.25, 0.3) is 5.91 Å². The normalized spacial score (nSPS) is 31.3. The Balaban J connectivity index is 2.99. The smallest absolute Gasteiger partial charge is 0.356 e. The molecule has 0 radical (unpaired) electrons. The molecule has 1 fully saturated rings. The number of hydrogen-bond acceptors (Lipinski definition) is 3. The van der Waals surface area contributed by atoms with E-state index in [4.69, 9.17) is 5.11 Å². The average Bonchev–Trinajstić information content (AvgIpc) is 2.08. The fourth-order valence-electron chi connectivity index (χ4n) is 1.29. The number of hydrogen-bond donors (Lipinski definition) is 3. The van der Waals surface area contributed by atoms with Gasteiger partial charge in [-0.15, -0.1) is 0 Å². The minimum Gasteiger partial charge on any atom is -0.356 e. The number of nitrogens with one attached hydrogen (secondary N) is 2. The zero-order valence-electron chi connectivity index (χ0n) is 8.55. The molecular weight excluding hydrogens is 229 g/mol. The van der Waals surface area contributed by atoms with Gasteiger partial charge in [0.2, 0.25) is 5.91 Å². The summed E-state index contributed by atoms with van der Waals surface area (Å²) in [4.78, 5) is 22.4. The SMILES string of the molecule is CC(C)[C@@H]1NC(=O)[C@@](O)(C(F)(F)F)NC1=O. The highest BCUT2D eigenvalue weighted by molar-refractivity contribution is 5.99. The second kappa shape index (κ2) is 3.62. The van der Waals surface area contributed by atoms with Gasteiger partial charge in [0, 0.05) is 0 Å². The summed E-state index contributed by atoms with van der Waals surface area (Å²) < 4.78 is 37.1. The van der Waals surface area contributed by atoms with Crippen LogP contribution in [-0.4, -0.2) is 34.9 Å². The van der Waals surface area contributed by atoms with Gasteiger partial charge in [0.05, 0.1) is 0 Å². The number of amides is 2. The number of carbonyl (C=O) groups is 2. The third-order valence-electron chi connectivity index (χ3n) is 2.28. The van der Waals surface area contributed by atoms with Crippen LogP contribution in [0.2, 0.25) is 0 Å². The number of alkyl halides is 3. The first-order valence-electron chi connectivity index (χ1n) is 4.51. The fourth-order valence-corrected chi connectivity index (χ4v) is 1.29. The predicted molar refractivity (Wildman–Crippen MR) is 45.9 cm³/mol. The van der Waals surface area contributed by atoms with E-state index in [9.17, 15) is 22.8 Å². The molecule has 0 aromatic rings.